The number of amides is 1. The molecule has 7 nitrogen and oxygen atoms in total. The normalized spacial score (nSPS) is 13.0. The summed E-state index contributed by atoms with van der Waals surface area (Å²) in [5.74, 6) is -0.460. The molecule has 9 heteroatoms. The maximum Gasteiger partial charge on any atom is 0.241 e. The van der Waals surface area contributed by atoms with Crippen LogP contribution in [0, 0.1) is 13.8 Å². The van der Waals surface area contributed by atoms with Crippen molar-refractivity contribution in [3.63, 3.8) is 0 Å². The third-order valence-electron chi connectivity index (χ3n) is 4.56. The second-order valence-electron chi connectivity index (χ2n) is 7.14. The van der Waals surface area contributed by atoms with Crippen molar-refractivity contribution in [3.8, 4) is 0 Å². The van der Waals surface area contributed by atoms with Gasteiger partial charge >= 0.3 is 0 Å². The van der Waals surface area contributed by atoms with E-state index in [1.54, 1.807) is 45.0 Å². The summed E-state index contributed by atoms with van der Waals surface area (Å²) in [5.41, 5.74) is 2.72. The molecular formula is C20H26N2O5S2. The van der Waals surface area contributed by atoms with E-state index in [1.165, 1.54) is 12.1 Å². The molecule has 0 aromatic heterocycles. The van der Waals surface area contributed by atoms with Gasteiger partial charge in [-0.3, -0.25) is 9.10 Å². The summed E-state index contributed by atoms with van der Waals surface area (Å²) in [6, 6.07) is 11.2. The number of carbonyl (C=O) groups is 1. The maximum atomic E-state index is 12.6. The predicted octanol–water partition coefficient (Wildman–Crippen LogP) is 2.35. The largest absolute Gasteiger partial charge is 0.348 e. The summed E-state index contributed by atoms with van der Waals surface area (Å²) in [5, 5.41) is 2.77. The average Bonchev–Trinajstić information content (AvgIpc) is 2.59. The maximum absolute atomic E-state index is 12.6. The summed E-state index contributed by atoms with van der Waals surface area (Å²) < 4.78 is 48.9. The second-order valence-corrected chi connectivity index (χ2v) is 11.1. The van der Waals surface area contributed by atoms with Crippen molar-refractivity contribution >= 4 is 31.5 Å². The molecule has 1 unspecified atom stereocenters. The molecule has 2 rings (SSSR count). The van der Waals surface area contributed by atoms with E-state index in [1.807, 2.05) is 6.07 Å². The van der Waals surface area contributed by atoms with Gasteiger partial charge in [-0.1, -0.05) is 30.3 Å². The van der Waals surface area contributed by atoms with Gasteiger partial charge in [0.2, 0.25) is 15.9 Å². The molecule has 0 radical (unpaired) electrons. The smallest absolute Gasteiger partial charge is 0.241 e. The lowest BCUT2D eigenvalue weighted by Gasteiger charge is -2.26. The molecule has 0 spiro atoms. The Morgan fingerprint density at radius 3 is 1.93 bits per heavy atom. The first kappa shape index (κ1) is 22.9. The van der Waals surface area contributed by atoms with Crippen LogP contribution in [-0.4, -0.2) is 41.8 Å². The summed E-state index contributed by atoms with van der Waals surface area (Å²) in [6.07, 6.45) is 2.19. The minimum atomic E-state index is -3.67. The Morgan fingerprint density at radius 1 is 0.966 bits per heavy atom. The van der Waals surface area contributed by atoms with Crippen LogP contribution in [0.15, 0.2) is 47.4 Å². The zero-order valence-electron chi connectivity index (χ0n) is 17.1. The number of nitrogens with one attached hydrogen (secondary N) is 1. The first-order chi connectivity index (χ1) is 13.3. The van der Waals surface area contributed by atoms with Gasteiger partial charge in [0.25, 0.3) is 0 Å². The van der Waals surface area contributed by atoms with Crippen LogP contribution in [0.5, 0.6) is 0 Å². The van der Waals surface area contributed by atoms with E-state index >= 15 is 0 Å². The second kappa shape index (κ2) is 8.54. The van der Waals surface area contributed by atoms with Gasteiger partial charge in [0.15, 0.2) is 9.84 Å². The Kier molecular flexibility index (Phi) is 6.74. The van der Waals surface area contributed by atoms with Crippen molar-refractivity contribution in [2.24, 2.45) is 0 Å². The van der Waals surface area contributed by atoms with Gasteiger partial charge in [-0.2, -0.15) is 0 Å². The minimum absolute atomic E-state index is 0.193. The number of nitrogens with zero attached hydrogens (tertiary/aromatic N) is 1. The Hall–Kier alpha value is -2.39. The molecule has 29 heavy (non-hydrogen) atoms. The van der Waals surface area contributed by atoms with E-state index < -0.39 is 31.8 Å². The number of aryl methyl sites for hydroxylation is 2. The van der Waals surface area contributed by atoms with Crippen molar-refractivity contribution in [2.45, 2.75) is 31.7 Å². The number of sulfone groups is 1. The molecule has 0 bridgehead atoms. The molecule has 1 atom stereocenters. The number of anilines is 1. The first-order valence-corrected chi connectivity index (χ1v) is 12.7. The Labute approximate surface area is 172 Å². The quantitative estimate of drug-likeness (QED) is 0.715. The highest BCUT2D eigenvalue weighted by Gasteiger charge is 2.24. The molecule has 0 heterocycles. The van der Waals surface area contributed by atoms with Crippen molar-refractivity contribution < 1.29 is 21.6 Å². The summed E-state index contributed by atoms with van der Waals surface area (Å²) >= 11 is 0. The predicted molar refractivity (Wildman–Crippen MR) is 114 cm³/mol. The van der Waals surface area contributed by atoms with Gasteiger partial charge in [0.05, 0.1) is 22.9 Å². The number of carbonyl (C=O) groups excluding carboxylic acids is 1. The van der Waals surface area contributed by atoms with E-state index in [-0.39, 0.29) is 11.4 Å². The SMILES string of the molecule is Cc1cccc(C)c1N(CC(=O)NC(C)c1ccc(S(C)(=O)=O)cc1)S(C)(=O)=O. The topological polar surface area (TPSA) is 101 Å². The molecule has 1 amide bonds. The monoisotopic (exact) mass is 438 g/mol. The molecule has 0 aliphatic carbocycles. The van der Waals surface area contributed by atoms with E-state index in [0.29, 0.717) is 11.3 Å². The third-order valence-corrected chi connectivity index (χ3v) is 6.80. The van der Waals surface area contributed by atoms with E-state index in [2.05, 4.69) is 5.32 Å². The van der Waals surface area contributed by atoms with E-state index in [0.717, 1.165) is 27.9 Å². The number of sulfonamides is 1. The fourth-order valence-electron chi connectivity index (χ4n) is 3.07. The van der Waals surface area contributed by atoms with Gasteiger partial charge in [0.1, 0.15) is 6.54 Å². The fraction of sp³-hybridized carbons (Fsp3) is 0.350. The average molecular weight is 439 g/mol. The number of benzene rings is 2. The van der Waals surface area contributed by atoms with Crippen molar-refractivity contribution in [1.29, 1.82) is 0 Å². The highest BCUT2D eigenvalue weighted by Crippen LogP contribution is 2.26. The third kappa shape index (κ3) is 5.80. The minimum Gasteiger partial charge on any atom is -0.348 e. The fourth-order valence-corrected chi connectivity index (χ4v) is 4.67. The van der Waals surface area contributed by atoms with Gasteiger partial charge in [-0.05, 0) is 49.6 Å². The molecule has 0 aliphatic heterocycles. The van der Waals surface area contributed by atoms with Crippen LogP contribution < -0.4 is 9.62 Å². The Balaban J connectivity index is 2.20. The van der Waals surface area contributed by atoms with Gasteiger partial charge < -0.3 is 5.32 Å². The first-order valence-electron chi connectivity index (χ1n) is 8.94. The van der Waals surface area contributed by atoms with Crippen LogP contribution in [0.4, 0.5) is 5.69 Å². The summed E-state index contributed by atoms with van der Waals surface area (Å²) in [7, 11) is -6.97. The molecule has 0 saturated heterocycles. The lowest BCUT2D eigenvalue weighted by atomic mass is 10.1. The van der Waals surface area contributed by atoms with Crippen LogP contribution in [0.2, 0.25) is 0 Å². The van der Waals surface area contributed by atoms with Crippen LogP contribution >= 0.6 is 0 Å². The Bertz CT molecular complexity index is 1090. The van der Waals surface area contributed by atoms with Gasteiger partial charge in [-0.15, -0.1) is 0 Å². The number of para-hydroxylation sites is 1. The highest BCUT2D eigenvalue weighted by molar-refractivity contribution is 7.92. The van der Waals surface area contributed by atoms with E-state index in [9.17, 15) is 21.6 Å². The molecule has 158 valence electrons. The molecule has 0 fully saturated rings. The summed E-state index contributed by atoms with van der Waals surface area (Å²) in [6.45, 7) is 4.99. The van der Waals surface area contributed by atoms with Crippen LogP contribution in [0.3, 0.4) is 0 Å². The molecular weight excluding hydrogens is 412 g/mol. The summed E-state index contributed by atoms with van der Waals surface area (Å²) in [4.78, 5) is 12.8. The lowest BCUT2D eigenvalue weighted by molar-refractivity contribution is -0.120. The van der Waals surface area contributed by atoms with E-state index in [4.69, 9.17) is 0 Å². The van der Waals surface area contributed by atoms with Crippen molar-refractivity contribution in [1.82, 2.24) is 5.32 Å². The van der Waals surface area contributed by atoms with Crippen molar-refractivity contribution in [2.75, 3.05) is 23.4 Å². The number of hydrogen-bond acceptors (Lipinski definition) is 5. The molecule has 2 aromatic carbocycles. The highest BCUT2D eigenvalue weighted by atomic mass is 32.2. The van der Waals surface area contributed by atoms with Crippen LogP contribution in [0.1, 0.15) is 29.7 Å². The standard InChI is InChI=1S/C20H26N2O5S2/c1-14-7-6-8-15(2)20(14)22(29(5,26)27)13-19(23)21-16(3)17-9-11-18(12-10-17)28(4,24)25/h6-12,16H,13H2,1-5H3,(H,21,23). The van der Waals surface area contributed by atoms with Crippen LogP contribution in [-0.2, 0) is 24.7 Å². The molecule has 1 N–H and O–H groups in total. The van der Waals surface area contributed by atoms with Gasteiger partial charge in [0, 0.05) is 6.26 Å². The zero-order valence-corrected chi connectivity index (χ0v) is 18.8. The number of rotatable bonds is 7. The Morgan fingerprint density at radius 2 is 1.48 bits per heavy atom. The van der Waals surface area contributed by atoms with Gasteiger partial charge in [-0.25, -0.2) is 16.8 Å². The zero-order chi connectivity index (χ0) is 22.0. The van der Waals surface area contributed by atoms with Crippen LogP contribution in [0.25, 0.3) is 0 Å². The molecule has 0 aliphatic rings. The molecule has 2 aromatic rings. The molecule has 0 saturated carbocycles. The van der Waals surface area contributed by atoms with Crippen molar-refractivity contribution in [3.05, 3.63) is 59.2 Å². The number of hydrogen-bond donors (Lipinski definition) is 1. The lowest BCUT2D eigenvalue weighted by Crippen LogP contribution is -2.41.